The van der Waals surface area contributed by atoms with Crippen LogP contribution in [0.1, 0.15) is 25.0 Å². The van der Waals surface area contributed by atoms with E-state index in [9.17, 15) is 14.0 Å². The Morgan fingerprint density at radius 2 is 1.84 bits per heavy atom. The van der Waals surface area contributed by atoms with E-state index in [0.29, 0.717) is 42.1 Å². The van der Waals surface area contributed by atoms with Crippen molar-refractivity contribution >= 4 is 34.5 Å². The average Bonchev–Trinajstić information content (AvgIpc) is 3.43. The molecule has 4 heterocycles. The maximum Gasteiger partial charge on any atom is 0.282 e. The van der Waals surface area contributed by atoms with Gasteiger partial charge in [0.15, 0.2) is 5.01 Å². The van der Waals surface area contributed by atoms with Crippen LogP contribution in [-0.2, 0) is 0 Å². The average molecular weight is 471 g/mol. The van der Waals surface area contributed by atoms with Gasteiger partial charge in [-0.25, -0.2) is 9.37 Å². The molecule has 2 fully saturated rings. The molecule has 0 aliphatic carbocycles. The molecule has 6 nitrogen and oxygen atoms in total. The molecule has 32 heavy (non-hydrogen) atoms. The lowest BCUT2D eigenvalue weighted by molar-refractivity contribution is 0.00878. The Morgan fingerprint density at radius 1 is 1.06 bits per heavy atom. The second-order valence-corrected chi connectivity index (χ2v) is 10.1. The molecule has 2 aromatic heterocycles. The maximum atomic E-state index is 13.6. The molecule has 0 N–H and O–H groups in total. The molecule has 0 spiro atoms. The normalized spacial score (nSPS) is 17.4. The number of halogens is 1. The van der Waals surface area contributed by atoms with E-state index in [-0.39, 0.29) is 17.6 Å². The number of nitrogens with zero attached hydrogens (tertiary/aromatic N) is 4. The van der Waals surface area contributed by atoms with Crippen molar-refractivity contribution < 1.29 is 14.0 Å². The Labute approximate surface area is 193 Å². The number of carbonyl (C=O) groups is 2. The molecule has 3 aromatic rings. The second kappa shape index (κ2) is 8.73. The molecule has 2 amide bonds. The predicted octanol–water partition coefficient (Wildman–Crippen LogP) is 3.60. The Balaban J connectivity index is 1.16. The van der Waals surface area contributed by atoms with Crippen LogP contribution < -0.4 is 0 Å². The van der Waals surface area contributed by atoms with Gasteiger partial charge in [0.25, 0.3) is 11.8 Å². The molecule has 2 aliphatic rings. The highest BCUT2D eigenvalue weighted by molar-refractivity contribution is 7.17. The van der Waals surface area contributed by atoms with Gasteiger partial charge in [0, 0.05) is 61.8 Å². The van der Waals surface area contributed by atoms with Crippen LogP contribution in [0.15, 0.2) is 41.9 Å². The minimum Gasteiger partial charge on any atom is -0.335 e. The number of thiophene rings is 1. The highest BCUT2D eigenvalue weighted by atomic mass is 32.1. The van der Waals surface area contributed by atoms with Gasteiger partial charge >= 0.3 is 0 Å². The smallest absolute Gasteiger partial charge is 0.282 e. The first-order valence-electron chi connectivity index (χ1n) is 10.6. The van der Waals surface area contributed by atoms with Crippen molar-refractivity contribution in [3.63, 3.8) is 0 Å². The molecule has 0 atom stereocenters. The number of aromatic nitrogens is 1. The highest BCUT2D eigenvalue weighted by Gasteiger charge is 2.37. The molecule has 166 valence electrons. The van der Waals surface area contributed by atoms with Crippen LogP contribution in [0.4, 0.5) is 4.39 Å². The number of hydrogen-bond donors (Lipinski definition) is 0. The predicted molar refractivity (Wildman–Crippen MR) is 124 cm³/mol. The van der Waals surface area contributed by atoms with Crippen LogP contribution in [-0.4, -0.2) is 76.8 Å². The van der Waals surface area contributed by atoms with E-state index in [1.165, 1.54) is 34.8 Å². The van der Waals surface area contributed by atoms with Gasteiger partial charge in [-0.1, -0.05) is 12.1 Å². The van der Waals surface area contributed by atoms with Crippen LogP contribution in [0, 0.1) is 12.7 Å². The van der Waals surface area contributed by atoms with E-state index in [1.54, 1.807) is 12.3 Å². The van der Waals surface area contributed by atoms with E-state index in [2.05, 4.69) is 9.88 Å². The molecule has 2 saturated heterocycles. The number of thiazole rings is 1. The summed E-state index contributed by atoms with van der Waals surface area (Å²) in [7, 11) is 0. The van der Waals surface area contributed by atoms with Gasteiger partial charge < -0.3 is 9.80 Å². The van der Waals surface area contributed by atoms with Crippen molar-refractivity contribution in [2.75, 3.05) is 39.3 Å². The number of piperazine rings is 1. The minimum atomic E-state index is -0.276. The van der Waals surface area contributed by atoms with Crippen molar-refractivity contribution in [3.05, 3.63) is 63.2 Å². The number of hydrogen-bond acceptors (Lipinski definition) is 6. The van der Waals surface area contributed by atoms with Gasteiger partial charge in [0.2, 0.25) is 0 Å². The zero-order chi connectivity index (χ0) is 22.2. The third-order valence-electron chi connectivity index (χ3n) is 6.10. The number of carbonyl (C=O) groups excluding carboxylic acids is 2. The molecule has 5 rings (SSSR count). The quantitative estimate of drug-likeness (QED) is 0.585. The number of likely N-dealkylation sites (tertiary alicyclic amines) is 1. The summed E-state index contributed by atoms with van der Waals surface area (Å²) < 4.78 is 13.6. The van der Waals surface area contributed by atoms with Crippen LogP contribution in [0.5, 0.6) is 0 Å². The van der Waals surface area contributed by atoms with Crippen molar-refractivity contribution in [1.29, 1.82) is 0 Å². The number of amides is 2. The fraction of sp³-hybridized carbons (Fsp3) is 0.348. The van der Waals surface area contributed by atoms with Crippen LogP contribution in [0.3, 0.4) is 0 Å². The monoisotopic (exact) mass is 470 g/mol. The first-order chi connectivity index (χ1) is 15.5. The molecular weight excluding hydrogens is 447 g/mol. The van der Waals surface area contributed by atoms with Crippen LogP contribution in [0.25, 0.3) is 10.4 Å². The molecule has 9 heteroatoms. The van der Waals surface area contributed by atoms with Gasteiger partial charge in [-0.3, -0.25) is 14.5 Å². The maximum absolute atomic E-state index is 13.6. The van der Waals surface area contributed by atoms with Crippen LogP contribution >= 0.6 is 22.7 Å². The first-order valence-corrected chi connectivity index (χ1v) is 12.3. The van der Waals surface area contributed by atoms with E-state index in [1.807, 2.05) is 34.2 Å². The summed E-state index contributed by atoms with van der Waals surface area (Å²) in [6, 6.07) is 8.73. The number of aryl methyl sites for hydroxylation is 1. The lowest BCUT2D eigenvalue weighted by Crippen LogP contribution is -2.64. The summed E-state index contributed by atoms with van der Waals surface area (Å²) in [6.07, 6.45) is 1.66. The van der Waals surface area contributed by atoms with Gasteiger partial charge in [-0.2, -0.15) is 0 Å². The summed E-state index contributed by atoms with van der Waals surface area (Å²) in [4.78, 5) is 37.3. The zero-order valence-electron chi connectivity index (χ0n) is 17.7. The zero-order valence-corrected chi connectivity index (χ0v) is 19.3. The number of rotatable bonds is 4. The Morgan fingerprint density at radius 3 is 2.53 bits per heavy atom. The molecule has 0 unspecified atom stereocenters. The summed E-state index contributed by atoms with van der Waals surface area (Å²) in [6.45, 7) is 6.35. The fourth-order valence-corrected chi connectivity index (χ4v) is 6.01. The minimum absolute atomic E-state index is 0.00669. The molecule has 0 saturated carbocycles. The third kappa shape index (κ3) is 4.07. The molecular formula is C23H23FN4O2S2. The lowest BCUT2D eigenvalue weighted by Gasteiger charge is -2.47. The first kappa shape index (κ1) is 21.2. The standard InChI is InChI=1S/C23H23FN4O2S2/c1-15-11-19(32-20(15)16-3-2-4-17(24)12-16)22(29)28-13-18(14-28)26-6-8-27(9-7-26)23(30)21-25-5-10-31-21/h2-5,10-12,18H,6-9,13-14H2,1H3. The number of benzene rings is 1. The van der Waals surface area contributed by atoms with Crippen LogP contribution in [0.2, 0.25) is 0 Å². The Bertz CT molecular complexity index is 1130. The summed E-state index contributed by atoms with van der Waals surface area (Å²) >= 11 is 2.80. The SMILES string of the molecule is Cc1cc(C(=O)N2CC(N3CCN(C(=O)c4nccs4)CC3)C2)sc1-c1cccc(F)c1. The summed E-state index contributed by atoms with van der Waals surface area (Å²) in [5, 5.41) is 2.36. The van der Waals surface area contributed by atoms with Crippen molar-refractivity contribution in [2.24, 2.45) is 0 Å². The topological polar surface area (TPSA) is 56.8 Å². The highest BCUT2D eigenvalue weighted by Crippen LogP contribution is 2.34. The fourth-order valence-electron chi connectivity index (χ4n) is 4.27. The van der Waals surface area contributed by atoms with Gasteiger partial charge in [-0.05, 0) is 36.2 Å². The molecule has 0 bridgehead atoms. The second-order valence-electron chi connectivity index (χ2n) is 8.16. The van der Waals surface area contributed by atoms with E-state index in [4.69, 9.17) is 0 Å². The van der Waals surface area contributed by atoms with Gasteiger partial charge in [0.1, 0.15) is 5.82 Å². The lowest BCUT2D eigenvalue weighted by atomic mass is 10.1. The third-order valence-corrected chi connectivity index (χ3v) is 8.13. The van der Waals surface area contributed by atoms with Gasteiger partial charge in [-0.15, -0.1) is 22.7 Å². The summed E-state index contributed by atoms with van der Waals surface area (Å²) in [5.74, 6) is -0.232. The molecule has 0 radical (unpaired) electrons. The Kier molecular flexibility index (Phi) is 5.79. The van der Waals surface area contributed by atoms with E-state index >= 15 is 0 Å². The van der Waals surface area contributed by atoms with E-state index in [0.717, 1.165) is 29.1 Å². The van der Waals surface area contributed by atoms with Crippen molar-refractivity contribution in [3.8, 4) is 10.4 Å². The van der Waals surface area contributed by atoms with Crippen molar-refractivity contribution in [2.45, 2.75) is 13.0 Å². The van der Waals surface area contributed by atoms with E-state index < -0.39 is 0 Å². The Hall–Kier alpha value is -2.62. The van der Waals surface area contributed by atoms with Gasteiger partial charge in [0.05, 0.1) is 4.88 Å². The molecule has 1 aromatic carbocycles. The largest absolute Gasteiger partial charge is 0.335 e. The summed E-state index contributed by atoms with van der Waals surface area (Å²) in [5.41, 5.74) is 1.79. The van der Waals surface area contributed by atoms with Crippen molar-refractivity contribution in [1.82, 2.24) is 19.7 Å². The molecule has 2 aliphatic heterocycles.